The van der Waals surface area contributed by atoms with E-state index >= 15 is 0 Å². The first kappa shape index (κ1) is 23.1. The van der Waals surface area contributed by atoms with E-state index in [1.807, 2.05) is 0 Å². The normalized spacial score (nSPS) is 14.8. The van der Waals surface area contributed by atoms with Crippen molar-refractivity contribution in [1.82, 2.24) is 9.29 Å². The molecule has 2 aliphatic carbocycles. The summed E-state index contributed by atoms with van der Waals surface area (Å²) in [4.78, 5) is 24.4. The minimum Gasteiger partial charge on any atom is -0.312 e. The molecule has 4 rings (SSSR count). The average molecular weight is 439 g/mol. The molecule has 0 aliphatic heterocycles. The zero-order valence-corrected chi connectivity index (χ0v) is 20.4. The third-order valence-corrected chi connectivity index (χ3v) is 7.03. The number of urea groups is 1. The van der Waals surface area contributed by atoms with Gasteiger partial charge in [-0.15, -0.1) is 0 Å². The van der Waals surface area contributed by atoms with Gasteiger partial charge >= 0.3 is 6.03 Å². The van der Waals surface area contributed by atoms with Gasteiger partial charge in [-0.2, -0.15) is 0 Å². The monoisotopic (exact) mass is 438 g/mol. The smallest absolute Gasteiger partial charge is 0.312 e. The Kier molecular flexibility index (Phi) is 6.81. The largest absolute Gasteiger partial charge is 0.333 e. The molecule has 0 unspecified atom stereocenters. The number of fused-ring (bicyclic) bond motifs is 2. The number of hydrogen-bond donors (Lipinski definition) is 2. The van der Waals surface area contributed by atoms with E-state index in [0.29, 0.717) is 0 Å². The fourth-order valence-corrected chi connectivity index (χ4v) is 5.25. The maximum atomic E-state index is 12.7. The zero-order valence-electron chi connectivity index (χ0n) is 17.6. The molecule has 2 aromatic rings. The Hall–Kier alpha value is -1.61. The van der Waals surface area contributed by atoms with Crippen molar-refractivity contribution in [2.45, 2.75) is 63.3 Å². The van der Waals surface area contributed by atoms with Gasteiger partial charge in [-0.05, 0) is 80.7 Å². The van der Waals surface area contributed by atoms with Crippen molar-refractivity contribution in [1.29, 1.82) is 0 Å². The predicted octanol–water partition coefficient (Wildman–Crippen LogP) is 2.54. The molecule has 0 saturated heterocycles. The summed E-state index contributed by atoms with van der Waals surface area (Å²) in [5, 5.41) is 2.82. The Bertz CT molecular complexity index is 1120. The van der Waals surface area contributed by atoms with Gasteiger partial charge in [0, 0.05) is 53.5 Å². The molecule has 155 valence electrons. The maximum Gasteiger partial charge on any atom is 0.333 e. The van der Waals surface area contributed by atoms with Crippen LogP contribution in [0, 0.1) is 0 Å². The van der Waals surface area contributed by atoms with Crippen molar-refractivity contribution < 1.29 is 13.2 Å². The van der Waals surface area contributed by atoms with Crippen LogP contribution in [0.5, 0.6) is 0 Å². The zero-order chi connectivity index (χ0) is 20.8. The quantitative estimate of drug-likeness (QED) is 0.717. The minimum atomic E-state index is -4.10. The van der Waals surface area contributed by atoms with Crippen molar-refractivity contribution in [3.05, 3.63) is 57.0 Å². The predicted molar refractivity (Wildman–Crippen MR) is 117 cm³/mol. The number of hydrogen-bond acceptors (Lipinski definition) is 4. The summed E-state index contributed by atoms with van der Waals surface area (Å²) in [6.45, 7) is 3.57. The van der Waals surface area contributed by atoms with Crippen LogP contribution >= 0.6 is 0 Å². The van der Waals surface area contributed by atoms with Crippen LogP contribution in [0.25, 0.3) is 0 Å². The topological polar surface area (TPSA) is 97.3 Å². The number of anilines is 1. The van der Waals surface area contributed by atoms with Crippen LogP contribution < -0.4 is 15.6 Å². The van der Waals surface area contributed by atoms with Gasteiger partial charge in [0.15, 0.2) is 0 Å². The van der Waals surface area contributed by atoms with E-state index < -0.39 is 16.1 Å². The number of sulfonamides is 1. The van der Waals surface area contributed by atoms with Gasteiger partial charge in [-0.25, -0.2) is 17.9 Å². The summed E-state index contributed by atoms with van der Waals surface area (Å²) in [6.07, 6.45) is 7.13. The molecule has 0 spiro atoms. The van der Waals surface area contributed by atoms with Crippen LogP contribution in [-0.4, -0.2) is 48.6 Å². The van der Waals surface area contributed by atoms with Gasteiger partial charge in [-0.1, -0.05) is 6.07 Å². The van der Waals surface area contributed by atoms with Crippen LogP contribution in [0.3, 0.4) is 0 Å². The first-order valence-electron chi connectivity index (χ1n) is 9.99. The van der Waals surface area contributed by atoms with E-state index in [0.717, 1.165) is 55.3 Å². The number of nitrogens with one attached hydrogen (secondary N) is 2. The number of aryl methyl sites for hydroxylation is 2. The van der Waals surface area contributed by atoms with Gasteiger partial charge < -0.3 is 9.88 Å². The Balaban J connectivity index is 0.00000256. The molecule has 0 bridgehead atoms. The summed E-state index contributed by atoms with van der Waals surface area (Å²) in [6, 6.07) is 3.69. The fourth-order valence-electron chi connectivity index (χ4n) is 4.33. The maximum absolute atomic E-state index is 12.7. The van der Waals surface area contributed by atoms with Crippen molar-refractivity contribution in [3.63, 3.8) is 0 Å². The van der Waals surface area contributed by atoms with E-state index in [4.69, 9.17) is 0 Å². The first-order chi connectivity index (χ1) is 13.8. The van der Waals surface area contributed by atoms with E-state index in [9.17, 15) is 18.0 Å². The molecular formula is C21H25N3NaO4S. The van der Waals surface area contributed by atoms with Crippen molar-refractivity contribution in [3.8, 4) is 0 Å². The second-order valence-electron chi connectivity index (χ2n) is 8.00. The SMILES string of the molecule is CC(C)n1cc(S(=O)(=O)NC(=O)Nc2c3c(cc4c2CCC4)CCC3)ccc1=O.[Na]. The Morgan fingerprint density at radius 3 is 2.20 bits per heavy atom. The van der Waals surface area contributed by atoms with Gasteiger partial charge in [0.1, 0.15) is 4.90 Å². The number of pyridine rings is 1. The van der Waals surface area contributed by atoms with Gasteiger partial charge in [0.2, 0.25) is 0 Å². The summed E-state index contributed by atoms with van der Waals surface area (Å²) >= 11 is 0. The molecule has 0 saturated carbocycles. The number of carbonyl (C=O) groups excluding carboxylic acids is 1. The molecule has 1 aromatic heterocycles. The van der Waals surface area contributed by atoms with E-state index in [2.05, 4.69) is 16.1 Å². The average Bonchev–Trinajstić information content (AvgIpc) is 3.30. The van der Waals surface area contributed by atoms with Crippen LogP contribution in [0.2, 0.25) is 0 Å². The molecule has 0 atom stereocenters. The molecule has 1 aromatic carbocycles. The number of carbonyl (C=O) groups is 1. The summed E-state index contributed by atoms with van der Waals surface area (Å²) < 4.78 is 28.8. The molecule has 2 N–H and O–H groups in total. The molecule has 7 nitrogen and oxygen atoms in total. The summed E-state index contributed by atoms with van der Waals surface area (Å²) in [7, 11) is -4.10. The second-order valence-corrected chi connectivity index (χ2v) is 9.68. The van der Waals surface area contributed by atoms with Crippen molar-refractivity contribution in [2.24, 2.45) is 0 Å². The van der Waals surface area contributed by atoms with Crippen molar-refractivity contribution >= 4 is 51.3 Å². The Morgan fingerprint density at radius 2 is 1.63 bits per heavy atom. The molecule has 1 heterocycles. The molecule has 2 amide bonds. The fraction of sp³-hybridized carbons (Fsp3) is 0.429. The van der Waals surface area contributed by atoms with Gasteiger partial charge in [0.25, 0.3) is 15.6 Å². The Morgan fingerprint density at radius 1 is 1.03 bits per heavy atom. The van der Waals surface area contributed by atoms with Crippen LogP contribution in [0.4, 0.5) is 10.5 Å². The van der Waals surface area contributed by atoms with Gasteiger partial charge in [0.05, 0.1) is 0 Å². The first-order valence-corrected chi connectivity index (χ1v) is 11.5. The van der Waals surface area contributed by atoms with E-state index in [-0.39, 0.29) is 46.1 Å². The number of rotatable bonds is 4. The third-order valence-electron chi connectivity index (χ3n) is 5.72. The molecule has 9 heteroatoms. The standard InChI is InChI=1S/C21H25N3O4S.Na/c1-13(2)24-12-16(9-10-19(24)25)29(27,28)23-21(26)22-20-17-7-3-5-14(17)11-15-6-4-8-18(15)20;/h9-13H,3-8H2,1-2H3,(H2,22,23,26);. The molecule has 2 aliphatic rings. The second kappa shape index (κ2) is 8.86. The molecule has 30 heavy (non-hydrogen) atoms. The summed E-state index contributed by atoms with van der Waals surface area (Å²) in [5.41, 5.74) is 5.27. The van der Waals surface area contributed by atoms with Crippen LogP contribution in [0.1, 0.15) is 55.0 Å². The van der Waals surface area contributed by atoms with E-state index in [1.54, 1.807) is 13.8 Å². The Labute approximate surface area is 198 Å². The number of aromatic nitrogens is 1. The summed E-state index contributed by atoms with van der Waals surface area (Å²) in [5.74, 6) is 0. The molecular weight excluding hydrogens is 413 g/mol. The van der Waals surface area contributed by atoms with E-state index in [1.165, 1.54) is 34.0 Å². The number of nitrogens with zero attached hydrogens (tertiary/aromatic N) is 1. The third kappa shape index (κ3) is 4.37. The molecule has 0 fully saturated rings. The molecule has 1 radical (unpaired) electrons. The van der Waals surface area contributed by atoms with Gasteiger partial charge in [-0.3, -0.25) is 4.79 Å². The van der Waals surface area contributed by atoms with Crippen LogP contribution in [-0.2, 0) is 35.7 Å². The van der Waals surface area contributed by atoms with Crippen LogP contribution in [0.15, 0.2) is 34.1 Å². The minimum absolute atomic E-state index is 0. The van der Waals surface area contributed by atoms with Crippen molar-refractivity contribution in [2.75, 3.05) is 5.32 Å². The number of amides is 2. The number of benzene rings is 1.